The van der Waals surface area contributed by atoms with E-state index in [4.69, 9.17) is 0 Å². The molecule has 0 saturated carbocycles. The highest BCUT2D eigenvalue weighted by Gasteiger charge is 2.35. The predicted molar refractivity (Wildman–Crippen MR) is 122 cm³/mol. The molecule has 1 atom stereocenters. The van der Waals surface area contributed by atoms with Gasteiger partial charge in [-0.25, -0.2) is 4.98 Å². The van der Waals surface area contributed by atoms with Crippen molar-refractivity contribution in [2.24, 2.45) is 0 Å². The maximum absolute atomic E-state index is 12.9. The first-order chi connectivity index (χ1) is 15.9. The van der Waals surface area contributed by atoms with Gasteiger partial charge in [-0.1, -0.05) is 32.0 Å². The first kappa shape index (κ1) is 23.6. The van der Waals surface area contributed by atoms with Gasteiger partial charge in [0.2, 0.25) is 0 Å². The van der Waals surface area contributed by atoms with Crippen molar-refractivity contribution >= 4 is 34.3 Å². The number of benzene rings is 1. The number of pyridine rings is 1. The molecule has 3 heterocycles. The minimum Gasteiger partial charge on any atom is -0.345 e. The van der Waals surface area contributed by atoms with Crippen LogP contribution in [0.1, 0.15) is 41.5 Å². The van der Waals surface area contributed by atoms with Gasteiger partial charge in [-0.15, -0.1) is 0 Å². The normalized spacial score (nSPS) is 15.5. The molecule has 1 aliphatic heterocycles. The molecule has 2 aromatic heterocycles. The summed E-state index contributed by atoms with van der Waals surface area (Å²) in [6.45, 7) is 6.51. The molecular formula is C23H25N5O5. The van der Waals surface area contributed by atoms with E-state index in [-0.39, 0.29) is 47.8 Å². The summed E-state index contributed by atoms with van der Waals surface area (Å²) in [7, 11) is 0. The number of carbonyl (C=O) groups excluding carboxylic acids is 3. The quantitative estimate of drug-likeness (QED) is 0.281. The molecule has 172 valence electrons. The Kier molecular flexibility index (Phi) is 7.17. The summed E-state index contributed by atoms with van der Waals surface area (Å²) in [5.41, 5.74) is 0.337. The molecule has 1 saturated heterocycles. The van der Waals surface area contributed by atoms with Crippen LogP contribution in [-0.2, 0) is 4.79 Å². The Hall–Kier alpha value is -4.08. The lowest BCUT2D eigenvalue weighted by atomic mass is 10.1. The van der Waals surface area contributed by atoms with Crippen LogP contribution in [0, 0.1) is 10.1 Å². The van der Waals surface area contributed by atoms with Crippen LogP contribution in [0.25, 0.3) is 11.0 Å². The number of nitro groups is 1. The average molecular weight is 451 g/mol. The third-order valence-corrected chi connectivity index (χ3v) is 5.38. The van der Waals surface area contributed by atoms with Crippen LogP contribution in [0.15, 0.2) is 48.8 Å². The van der Waals surface area contributed by atoms with E-state index in [1.165, 1.54) is 23.4 Å². The average Bonchev–Trinajstić information content (AvgIpc) is 3.28. The molecule has 0 bridgehead atoms. The van der Waals surface area contributed by atoms with Gasteiger partial charge in [0.15, 0.2) is 0 Å². The minimum atomic E-state index is -0.850. The van der Waals surface area contributed by atoms with Crippen LogP contribution in [-0.4, -0.2) is 68.0 Å². The molecule has 1 aromatic carbocycles. The van der Waals surface area contributed by atoms with Crippen LogP contribution >= 0.6 is 0 Å². The maximum Gasteiger partial charge on any atom is 0.295 e. The summed E-state index contributed by atoms with van der Waals surface area (Å²) in [6.07, 6.45) is 2.53. The Morgan fingerprint density at radius 3 is 2.45 bits per heavy atom. The lowest BCUT2D eigenvalue weighted by Crippen LogP contribution is -2.56. The van der Waals surface area contributed by atoms with Gasteiger partial charge in [0.05, 0.1) is 10.5 Å². The molecule has 10 heteroatoms. The second-order valence-corrected chi connectivity index (χ2v) is 7.31. The smallest absolute Gasteiger partial charge is 0.295 e. The number of aromatic nitrogens is 2. The van der Waals surface area contributed by atoms with Crippen LogP contribution < -0.4 is 0 Å². The molecule has 1 N–H and O–H groups in total. The molecule has 1 fully saturated rings. The zero-order valence-corrected chi connectivity index (χ0v) is 18.6. The molecule has 2 amide bonds. The second kappa shape index (κ2) is 10.0. The number of amides is 2. The van der Waals surface area contributed by atoms with Crippen molar-refractivity contribution in [2.75, 3.05) is 19.6 Å². The fourth-order valence-corrected chi connectivity index (χ4v) is 3.82. The Morgan fingerprint density at radius 1 is 1.12 bits per heavy atom. The van der Waals surface area contributed by atoms with Gasteiger partial charge in [0.1, 0.15) is 11.0 Å². The number of ketones is 1. The number of aromatic amines is 1. The zero-order chi connectivity index (χ0) is 24.1. The number of rotatable bonds is 4. The van der Waals surface area contributed by atoms with E-state index in [0.29, 0.717) is 5.56 Å². The van der Waals surface area contributed by atoms with E-state index in [2.05, 4.69) is 9.97 Å². The number of nitrogens with one attached hydrogen (secondary N) is 1. The van der Waals surface area contributed by atoms with Crippen molar-refractivity contribution in [3.05, 3.63) is 70.0 Å². The maximum atomic E-state index is 12.9. The summed E-state index contributed by atoms with van der Waals surface area (Å²) in [5.74, 6) is -1.75. The van der Waals surface area contributed by atoms with Crippen molar-refractivity contribution in [2.45, 2.75) is 26.8 Å². The molecular weight excluding hydrogens is 426 g/mol. The Balaban J connectivity index is 0.00000149. The van der Waals surface area contributed by atoms with E-state index in [0.717, 1.165) is 0 Å². The first-order valence-corrected chi connectivity index (χ1v) is 10.7. The van der Waals surface area contributed by atoms with E-state index in [1.54, 1.807) is 36.1 Å². The lowest BCUT2D eigenvalue weighted by Gasteiger charge is -2.39. The number of nitrogens with zero attached hydrogens (tertiary/aromatic N) is 4. The number of piperazine rings is 1. The third-order valence-electron chi connectivity index (χ3n) is 5.38. The summed E-state index contributed by atoms with van der Waals surface area (Å²) < 4.78 is 0. The van der Waals surface area contributed by atoms with E-state index in [1.807, 2.05) is 19.9 Å². The fraction of sp³-hybridized carbons (Fsp3) is 0.304. The highest BCUT2D eigenvalue weighted by Crippen LogP contribution is 2.28. The molecule has 0 spiro atoms. The number of H-pyrrole nitrogens is 1. The number of hydrogen-bond donors (Lipinski definition) is 1. The molecule has 0 unspecified atom stereocenters. The van der Waals surface area contributed by atoms with Gasteiger partial charge in [0, 0.05) is 49.7 Å². The number of fused-ring (bicyclic) bond motifs is 1. The van der Waals surface area contributed by atoms with Crippen molar-refractivity contribution in [1.29, 1.82) is 0 Å². The number of hydrogen-bond acceptors (Lipinski definition) is 6. The monoisotopic (exact) mass is 451 g/mol. The minimum absolute atomic E-state index is 0.0106. The number of carbonyl (C=O) groups is 3. The molecule has 4 rings (SSSR count). The molecule has 0 radical (unpaired) electrons. The van der Waals surface area contributed by atoms with Crippen LogP contribution in [0.5, 0.6) is 0 Å². The van der Waals surface area contributed by atoms with Gasteiger partial charge < -0.3 is 14.8 Å². The van der Waals surface area contributed by atoms with Gasteiger partial charge in [-0.2, -0.15) is 0 Å². The van der Waals surface area contributed by atoms with E-state index < -0.39 is 22.7 Å². The highest BCUT2D eigenvalue weighted by atomic mass is 16.6. The number of Topliss-reactive ketones (excluding diaryl/α,β-unsaturated/α-hetero) is 1. The lowest BCUT2D eigenvalue weighted by molar-refractivity contribution is -0.383. The molecule has 3 aromatic rings. The molecule has 10 nitrogen and oxygen atoms in total. The molecule has 33 heavy (non-hydrogen) atoms. The Bertz CT molecular complexity index is 1190. The van der Waals surface area contributed by atoms with Crippen LogP contribution in [0.2, 0.25) is 0 Å². The topological polar surface area (TPSA) is 130 Å². The Labute approximate surface area is 190 Å². The van der Waals surface area contributed by atoms with Crippen molar-refractivity contribution in [3.8, 4) is 0 Å². The van der Waals surface area contributed by atoms with E-state index in [9.17, 15) is 24.5 Å². The predicted octanol–water partition coefficient (Wildman–Crippen LogP) is 3.05. The largest absolute Gasteiger partial charge is 0.345 e. The molecule has 1 aliphatic rings. The fourth-order valence-electron chi connectivity index (χ4n) is 3.82. The standard InChI is InChI=1S/C21H19N5O5.C2H6/c1-13-12-24(20(28)14-5-3-2-4-6-14)9-10-25(13)21(29)18(27)15-11-23-19-17(15)16(26(30)31)7-8-22-19;1-2/h2-8,11,13H,9-10,12H2,1H3,(H,22,23);1-2H3/t13-;/m1./s1. The van der Waals surface area contributed by atoms with Crippen molar-refractivity contribution in [1.82, 2.24) is 19.8 Å². The SMILES string of the molecule is CC.C[C@@H]1CN(C(=O)c2ccccc2)CCN1C(=O)C(=O)c1c[nH]c2nccc([N+](=O)[O-])c12. The van der Waals surface area contributed by atoms with Gasteiger partial charge in [-0.05, 0) is 19.1 Å². The van der Waals surface area contributed by atoms with Crippen molar-refractivity contribution in [3.63, 3.8) is 0 Å². The summed E-state index contributed by atoms with van der Waals surface area (Å²) >= 11 is 0. The summed E-state index contributed by atoms with van der Waals surface area (Å²) in [4.78, 5) is 59.0. The summed E-state index contributed by atoms with van der Waals surface area (Å²) in [5, 5.41) is 11.4. The van der Waals surface area contributed by atoms with Gasteiger partial charge >= 0.3 is 0 Å². The van der Waals surface area contributed by atoms with E-state index >= 15 is 0 Å². The highest BCUT2D eigenvalue weighted by molar-refractivity contribution is 6.45. The third kappa shape index (κ3) is 4.59. The van der Waals surface area contributed by atoms with Crippen molar-refractivity contribution < 1.29 is 19.3 Å². The van der Waals surface area contributed by atoms with Gasteiger partial charge in [0.25, 0.3) is 23.3 Å². The van der Waals surface area contributed by atoms with Gasteiger partial charge in [-0.3, -0.25) is 24.5 Å². The second-order valence-electron chi connectivity index (χ2n) is 7.31. The van der Waals surface area contributed by atoms with Crippen LogP contribution in [0.3, 0.4) is 0 Å². The molecule has 0 aliphatic carbocycles. The summed E-state index contributed by atoms with van der Waals surface area (Å²) in [6, 6.07) is 9.64. The first-order valence-electron chi connectivity index (χ1n) is 10.7. The van der Waals surface area contributed by atoms with Crippen LogP contribution in [0.4, 0.5) is 5.69 Å². The zero-order valence-electron chi connectivity index (χ0n) is 18.6. The Morgan fingerprint density at radius 2 is 1.82 bits per heavy atom.